The maximum Gasteiger partial charge on any atom is 0.244 e. The first kappa shape index (κ1) is 16.1. The standard InChI is InChI=1S/C15H18F2N2O/c1-3-8-15(10-18,9-4-2)14(20)19-12-7-5-6-11(16)13(12)17/h5-7H,3-4,8-9H2,1-2H3,(H,19,20). The van der Waals surface area contributed by atoms with E-state index in [4.69, 9.17) is 0 Å². The number of halogens is 2. The van der Waals surface area contributed by atoms with Crippen LogP contribution in [0.3, 0.4) is 0 Å². The summed E-state index contributed by atoms with van der Waals surface area (Å²) < 4.78 is 26.7. The third kappa shape index (κ3) is 3.32. The molecule has 0 spiro atoms. The lowest BCUT2D eigenvalue weighted by atomic mass is 9.79. The van der Waals surface area contributed by atoms with Gasteiger partial charge in [-0.3, -0.25) is 4.79 Å². The molecule has 0 unspecified atom stereocenters. The van der Waals surface area contributed by atoms with Crippen molar-refractivity contribution in [2.45, 2.75) is 39.5 Å². The van der Waals surface area contributed by atoms with Gasteiger partial charge in [0.1, 0.15) is 5.41 Å². The van der Waals surface area contributed by atoms with Crippen LogP contribution >= 0.6 is 0 Å². The van der Waals surface area contributed by atoms with Crippen molar-refractivity contribution in [2.75, 3.05) is 5.32 Å². The number of carbonyl (C=O) groups is 1. The average molecular weight is 280 g/mol. The Bertz CT molecular complexity index is 517. The zero-order valence-corrected chi connectivity index (χ0v) is 11.7. The van der Waals surface area contributed by atoms with E-state index in [1.165, 1.54) is 12.1 Å². The second-order valence-corrected chi connectivity index (χ2v) is 4.75. The van der Waals surface area contributed by atoms with Crippen LogP contribution in [0, 0.1) is 28.4 Å². The molecule has 0 heterocycles. The maximum absolute atomic E-state index is 13.6. The number of rotatable bonds is 6. The summed E-state index contributed by atoms with van der Waals surface area (Å²) in [6, 6.07) is 5.60. The number of nitrogens with one attached hydrogen (secondary N) is 1. The number of carbonyl (C=O) groups excluding carboxylic acids is 1. The molecule has 0 aromatic heterocycles. The van der Waals surface area contributed by atoms with E-state index < -0.39 is 23.0 Å². The number of anilines is 1. The zero-order chi connectivity index (χ0) is 15.2. The first-order valence-corrected chi connectivity index (χ1v) is 6.67. The molecule has 5 heteroatoms. The summed E-state index contributed by atoms with van der Waals surface area (Å²) in [6.07, 6.45) is 2.10. The Labute approximate surface area is 117 Å². The molecular weight excluding hydrogens is 262 g/mol. The molecule has 0 aliphatic heterocycles. The van der Waals surface area contributed by atoms with Gasteiger partial charge in [0.25, 0.3) is 0 Å². The van der Waals surface area contributed by atoms with Gasteiger partial charge in [0, 0.05) is 0 Å². The predicted octanol–water partition coefficient (Wildman–Crippen LogP) is 4.01. The van der Waals surface area contributed by atoms with Crippen molar-refractivity contribution >= 4 is 11.6 Å². The van der Waals surface area contributed by atoms with Crippen LogP contribution in [0.2, 0.25) is 0 Å². The van der Waals surface area contributed by atoms with Gasteiger partial charge in [0.2, 0.25) is 5.91 Å². The zero-order valence-electron chi connectivity index (χ0n) is 11.7. The molecule has 1 aromatic rings. The molecule has 1 aromatic carbocycles. The van der Waals surface area contributed by atoms with E-state index in [2.05, 4.69) is 5.32 Å². The second kappa shape index (κ2) is 6.99. The minimum absolute atomic E-state index is 0.234. The van der Waals surface area contributed by atoms with Crippen LogP contribution < -0.4 is 5.32 Å². The molecule has 108 valence electrons. The molecule has 0 bridgehead atoms. The first-order chi connectivity index (χ1) is 9.50. The fraction of sp³-hybridized carbons (Fsp3) is 0.467. The van der Waals surface area contributed by atoms with Gasteiger partial charge in [0.15, 0.2) is 11.6 Å². The Morgan fingerprint density at radius 3 is 2.40 bits per heavy atom. The molecule has 0 aliphatic rings. The third-order valence-corrected chi connectivity index (χ3v) is 3.20. The number of hydrogen-bond donors (Lipinski definition) is 1. The molecule has 0 fully saturated rings. The topological polar surface area (TPSA) is 52.9 Å². The molecule has 1 amide bonds. The van der Waals surface area contributed by atoms with Crippen molar-refractivity contribution in [1.82, 2.24) is 0 Å². The highest BCUT2D eigenvalue weighted by molar-refractivity contribution is 5.97. The van der Waals surface area contributed by atoms with Crippen LogP contribution in [0.15, 0.2) is 18.2 Å². The van der Waals surface area contributed by atoms with Crippen molar-refractivity contribution in [3.05, 3.63) is 29.8 Å². The van der Waals surface area contributed by atoms with Crippen LogP contribution in [0.25, 0.3) is 0 Å². The average Bonchev–Trinajstić information content (AvgIpc) is 2.43. The van der Waals surface area contributed by atoms with Crippen molar-refractivity contribution in [2.24, 2.45) is 5.41 Å². The first-order valence-electron chi connectivity index (χ1n) is 6.67. The molecular formula is C15H18F2N2O. The SMILES string of the molecule is CCCC(C#N)(CCC)C(=O)Nc1cccc(F)c1F. The van der Waals surface area contributed by atoms with E-state index in [0.29, 0.717) is 25.7 Å². The summed E-state index contributed by atoms with van der Waals surface area (Å²) >= 11 is 0. The van der Waals surface area contributed by atoms with E-state index in [9.17, 15) is 18.8 Å². The summed E-state index contributed by atoms with van der Waals surface area (Å²) in [6.45, 7) is 3.75. The van der Waals surface area contributed by atoms with Gasteiger partial charge in [-0.1, -0.05) is 32.8 Å². The highest BCUT2D eigenvalue weighted by Crippen LogP contribution is 2.31. The van der Waals surface area contributed by atoms with Crippen molar-refractivity contribution in [3.8, 4) is 6.07 Å². The van der Waals surface area contributed by atoms with Gasteiger partial charge >= 0.3 is 0 Å². The van der Waals surface area contributed by atoms with Crippen LogP contribution in [-0.4, -0.2) is 5.91 Å². The Morgan fingerprint density at radius 2 is 1.90 bits per heavy atom. The quantitative estimate of drug-likeness (QED) is 0.855. The lowest BCUT2D eigenvalue weighted by Gasteiger charge is -2.24. The van der Waals surface area contributed by atoms with Crippen LogP contribution in [0.1, 0.15) is 39.5 Å². The van der Waals surface area contributed by atoms with Crippen molar-refractivity contribution in [3.63, 3.8) is 0 Å². The Hall–Kier alpha value is -1.96. The lowest BCUT2D eigenvalue weighted by molar-refractivity contribution is -0.123. The molecule has 1 N–H and O–H groups in total. The highest BCUT2D eigenvalue weighted by Gasteiger charge is 2.37. The van der Waals surface area contributed by atoms with Crippen molar-refractivity contribution in [1.29, 1.82) is 5.26 Å². The second-order valence-electron chi connectivity index (χ2n) is 4.75. The molecule has 0 radical (unpaired) electrons. The summed E-state index contributed by atoms with van der Waals surface area (Å²) in [7, 11) is 0. The van der Waals surface area contributed by atoms with Gasteiger partial charge in [-0.15, -0.1) is 0 Å². The van der Waals surface area contributed by atoms with Gasteiger partial charge in [-0.2, -0.15) is 5.26 Å². The molecule has 0 saturated heterocycles. The molecule has 0 atom stereocenters. The van der Waals surface area contributed by atoms with Crippen molar-refractivity contribution < 1.29 is 13.6 Å². The summed E-state index contributed by atoms with van der Waals surface area (Å²) in [5.41, 5.74) is -1.43. The van der Waals surface area contributed by atoms with Crippen LogP contribution in [0.5, 0.6) is 0 Å². The van der Waals surface area contributed by atoms with Gasteiger partial charge in [0.05, 0.1) is 11.8 Å². The molecule has 3 nitrogen and oxygen atoms in total. The van der Waals surface area contributed by atoms with Crippen LogP contribution in [0.4, 0.5) is 14.5 Å². The number of hydrogen-bond acceptors (Lipinski definition) is 2. The van der Waals surface area contributed by atoms with Crippen LogP contribution in [-0.2, 0) is 4.79 Å². The van der Waals surface area contributed by atoms with E-state index >= 15 is 0 Å². The van der Waals surface area contributed by atoms with E-state index in [-0.39, 0.29) is 5.69 Å². The Kier molecular flexibility index (Phi) is 5.63. The summed E-state index contributed by atoms with van der Waals surface area (Å²) in [5.74, 6) is -2.72. The molecule has 20 heavy (non-hydrogen) atoms. The smallest absolute Gasteiger partial charge is 0.244 e. The minimum atomic E-state index is -1.19. The van der Waals surface area contributed by atoms with Gasteiger partial charge < -0.3 is 5.32 Å². The Balaban J connectivity index is 3.02. The Morgan fingerprint density at radius 1 is 1.30 bits per heavy atom. The molecule has 0 saturated carbocycles. The third-order valence-electron chi connectivity index (χ3n) is 3.20. The lowest BCUT2D eigenvalue weighted by Crippen LogP contribution is -2.35. The van der Waals surface area contributed by atoms with Gasteiger partial charge in [-0.25, -0.2) is 8.78 Å². The predicted molar refractivity (Wildman–Crippen MR) is 72.8 cm³/mol. The largest absolute Gasteiger partial charge is 0.322 e. The number of nitriles is 1. The van der Waals surface area contributed by atoms with Gasteiger partial charge in [-0.05, 0) is 25.0 Å². The van der Waals surface area contributed by atoms with E-state index in [1.54, 1.807) is 0 Å². The number of amides is 1. The number of benzene rings is 1. The minimum Gasteiger partial charge on any atom is -0.322 e. The fourth-order valence-corrected chi connectivity index (χ4v) is 2.21. The normalized spacial score (nSPS) is 10.9. The molecule has 1 rings (SSSR count). The monoisotopic (exact) mass is 280 g/mol. The van der Waals surface area contributed by atoms with E-state index in [1.807, 2.05) is 19.9 Å². The molecule has 0 aliphatic carbocycles. The van der Waals surface area contributed by atoms with E-state index in [0.717, 1.165) is 6.07 Å². The summed E-state index contributed by atoms with van der Waals surface area (Å²) in [5, 5.41) is 11.7. The highest BCUT2D eigenvalue weighted by atomic mass is 19.2. The summed E-state index contributed by atoms with van der Waals surface area (Å²) in [4.78, 5) is 12.3. The maximum atomic E-state index is 13.6. The number of nitrogens with zero attached hydrogens (tertiary/aromatic N) is 1. The fourth-order valence-electron chi connectivity index (χ4n) is 2.21.